The van der Waals surface area contributed by atoms with E-state index in [1.807, 2.05) is 12.1 Å². The lowest BCUT2D eigenvalue weighted by molar-refractivity contribution is -0.127. The summed E-state index contributed by atoms with van der Waals surface area (Å²) in [5.74, 6) is -0.0666. The predicted molar refractivity (Wildman–Crippen MR) is 114 cm³/mol. The zero-order valence-corrected chi connectivity index (χ0v) is 16.8. The molecular weight excluding hydrogens is 390 g/mol. The van der Waals surface area contributed by atoms with E-state index in [0.717, 1.165) is 47.9 Å². The van der Waals surface area contributed by atoms with Crippen molar-refractivity contribution in [3.05, 3.63) is 35.6 Å². The molecule has 8 heteroatoms. The Kier molecular flexibility index (Phi) is 5.13. The third kappa shape index (κ3) is 3.71. The van der Waals surface area contributed by atoms with Crippen LogP contribution in [0.3, 0.4) is 0 Å². The highest BCUT2D eigenvalue weighted by Crippen LogP contribution is 2.33. The van der Waals surface area contributed by atoms with Crippen molar-refractivity contribution in [2.45, 2.75) is 24.9 Å². The molecule has 2 atom stereocenters. The number of amides is 1. The van der Waals surface area contributed by atoms with Crippen molar-refractivity contribution in [1.82, 2.24) is 20.2 Å². The van der Waals surface area contributed by atoms with Crippen molar-refractivity contribution in [2.24, 2.45) is 0 Å². The van der Waals surface area contributed by atoms with Gasteiger partial charge in [-0.25, -0.2) is 0 Å². The number of hydrogen-bond acceptors (Lipinski definition) is 5. The second-order valence-corrected chi connectivity index (χ2v) is 8.23. The van der Waals surface area contributed by atoms with Crippen molar-refractivity contribution in [3.8, 4) is 0 Å². The highest BCUT2D eigenvalue weighted by molar-refractivity contribution is 6.32. The molecule has 4 heterocycles. The number of carbonyl (C=O) groups is 1. The van der Waals surface area contributed by atoms with Crippen LogP contribution in [0, 0.1) is 0 Å². The molecular formula is C21H24ClN5O2. The molecule has 2 fully saturated rings. The van der Waals surface area contributed by atoms with Gasteiger partial charge >= 0.3 is 0 Å². The van der Waals surface area contributed by atoms with Crippen LogP contribution in [0.4, 0.5) is 5.69 Å². The molecule has 152 valence electrons. The second kappa shape index (κ2) is 7.91. The monoisotopic (exact) mass is 413 g/mol. The van der Waals surface area contributed by atoms with E-state index in [1.165, 1.54) is 6.42 Å². The molecule has 2 aliphatic rings. The zero-order chi connectivity index (χ0) is 19.8. The maximum absolute atomic E-state index is 13.2. The Morgan fingerprint density at radius 1 is 1.38 bits per heavy atom. The first-order chi connectivity index (χ1) is 14.2. The predicted octanol–water partition coefficient (Wildman–Crippen LogP) is 2.76. The van der Waals surface area contributed by atoms with Crippen LogP contribution in [0.5, 0.6) is 0 Å². The Balaban J connectivity index is 1.42. The second-order valence-electron chi connectivity index (χ2n) is 7.79. The molecule has 0 spiro atoms. The molecule has 2 unspecified atom stereocenters. The number of aromatic nitrogens is 2. The number of anilines is 1. The fourth-order valence-corrected chi connectivity index (χ4v) is 4.64. The number of rotatable bonds is 4. The molecule has 2 saturated heterocycles. The smallest absolute Gasteiger partial charge is 0.244 e. The number of pyridine rings is 1. The van der Waals surface area contributed by atoms with Gasteiger partial charge in [-0.1, -0.05) is 11.6 Å². The summed E-state index contributed by atoms with van der Waals surface area (Å²) in [6.07, 6.45) is 5.88. The van der Waals surface area contributed by atoms with Crippen LogP contribution in [0.2, 0.25) is 5.02 Å². The van der Waals surface area contributed by atoms with E-state index in [-0.39, 0.29) is 11.9 Å². The van der Waals surface area contributed by atoms with Gasteiger partial charge in [0, 0.05) is 41.1 Å². The van der Waals surface area contributed by atoms with Crippen LogP contribution >= 0.6 is 11.6 Å². The molecule has 2 aliphatic heterocycles. The standard InChI is InChI=1S/C21H24ClN5O2/c22-13-8-16-15-3-5-23-10-18(15)25-20(16)17(9-13)26-21(28)19-12-29-7-6-27(19)11-14-2-1-4-24-14/h3,5,8-10,14,19,24-25H,1-2,4,6-7,11-12H2,(H,26,28). The number of fused-ring (bicyclic) bond motifs is 3. The van der Waals surface area contributed by atoms with Gasteiger partial charge in [0.05, 0.1) is 36.1 Å². The largest absolute Gasteiger partial charge is 0.378 e. The summed E-state index contributed by atoms with van der Waals surface area (Å²) in [6.45, 7) is 3.75. The first-order valence-corrected chi connectivity index (χ1v) is 10.5. The van der Waals surface area contributed by atoms with Crippen LogP contribution in [-0.2, 0) is 9.53 Å². The average molecular weight is 414 g/mol. The molecule has 29 heavy (non-hydrogen) atoms. The van der Waals surface area contributed by atoms with E-state index in [1.54, 1.807) is 18.5 Å². The SMILES string of the molecule is O=C(Nc1cc(Cl)cc2c1[nH]c1cnccc12)C1COCCN1CC1CCCN1. The summed E-state index contributed by atoms with van der Waals surface area (Å²) in [5, 5.41) is 9.19. The van der Waals surface area contributed by atoms with Gasteiger partial charge in [-0.3, -0.25) is 14.7 Å². The summed E-state index contributed by atoms with van der Waals surface area (Å²) >= 11 is 6.37. The number of hydrogen-bond donors (Lipinski definition) is 3. The number of halogens is 1. The van der Waals surface area contributed by atoms with Gasteiger partial charge in [0.2, 0.25) is 5.91 Å². The molecule has 0 bridgehead atoms. The number of nitrogens with zero attached hydrogens (tertiary/aromatic N) is 2. The molecule has 0 saturated carbocycles. The average Bonchev–Trinajstić information content (AvgIpc) is 3.36. The Bertz CT molecular complexity index is 1050. The van der Waals surface area contributed by atoms with Gasteiger partial charge in [0.25, 0.3) is 0 Å². The number of nitrogens with one attached hydrogen (secondary N) is 3. The highest BCUT2D eigenvalue weighted by atomic mass is 35.5. The summed E-state index contributed by atoms with van der Waals surface area (Å²) in [5.41, 5.74) is 2.44. The highest BCUT2D eigenvalue weighted by Gasteiger charge is 2.32. The van der Waals surface area contributed by atoms with Crippen molar-refractivity contribution in [1.29, 1.82) is 0 Å². The van der Waals surface area contributed by atoms with E-state index in [2.05, 4.69) is 25.5 Å². The third-order valence-electron chi connectivity index (χ3n) is 5.89. The molecule has 3 aromatic rings. The van der Waals surface area contributed by atoms with Crippen molar-refractivity contribution in [2.75, 3.05) is 38.2 Å². The molecule has 3 N–H and O–H groups in total. The van der Waals surface area contributed by atoms with Crippen LogP contribution in [0.15, 0.2) is 30.6 Å². The molecule has 5 rings (SSSR count). The van der Waals surface area contributed by atoms with Gasteiger partial charge in [-0.05, 0) is 37.6 Å². The normalized spacial score (nSPS) is 23.1. The topological polar surface area (TPSA) is 82.3 Å². The van der Waals surface area contributed by atoms with Crippen molar-refractivity contribution >= 4 is 45.0 Å². The van der Waals surface area contributed by atoms with Gasteiger partial charge < -0.3 is 20.4 Å². The van der Waals surface area contributed by atoms with E-state index in [4.69, 9.17) is 16.3 Å². The molecule has 7 nitrogen and oxygen atoms in total. The summed E-state index contributed by atoms with van der Waals surface area (Å²) in [6, 6.07) is 5.78. The molecule has 1 aromatic carbocycles. The van der Waals surface area contributed by atoms with E-state index in [9.17, 15) is 4.79 Å². The fraction of sp³-hybridized carbons (Fsp3) is 0.429. The fourth-order valence-electron chi connectivity index (χ4n) is 4.43. The quantitative estimate of drug-likeness (QED) is 0.612. The number of ether oxygens (including phenoxy) is 1. The minimum absolute atomic E-state index is 0.0666. The molecule has 1 amide bonds. The minimum atomic E-state index is -0.314. The zero-order valence-electron chi connectivity index (χ0n) is 16.1. The Labute approximate surface area is 173 Å². The van der Waals surface area contributed by atoms with Gasteiger partial charge in [-0.15, -0.1) is 0 Å². The lowest BCUT2D eigenvalue weighted by atomic mass is 10.1. The third-order valence-corrected chi connectivity index (χ3v) is 6.11. The molecule has 2 aromatic heterocycles. The summed E-state index contributed by atoms with van der Waals surface area (Å²) in [7, 11) is 0. The van der Waals surface area contributed by atoms with Crippen molar-refractivity contribution < 1.29 is 9.53 Å². The first-order valence-electron chi connectivity index (χ1n) is 10.1. The van der Waals surface area contributed by atoms with Gasteiger partial charge in [-0.2, -0.15) is 0 Å². The van der Waals surface area contributed by atoms with E-state index in [0.29, 0.717) is 30.0 Å². The molecule has 0 aliphatic carbocycles. The number of morpholine rings is 1. The van der Waals surface area contributed by atoms with Crippen LogP contribution in [-0.4, -0.2) is 65.7 Å². The number of H-pyrrole nitrogens is 1. The Hall–Kier alpha value is -2.19. The van der Waals surface area contributed by atoms with Crippen LogP contribution in [0.25, 0.3) is 21.8 Å². The number of carbonyl (C=O) groups excluding carboxylic acids is 1. The summed E-state index contributed by atoms with van der Waals surface area (Å²) in [4.78, 5) is 23.0. The Morgan fingerprint density at radius 3 is 3.17 bits per heavy atom. The molecule has 0 radical (unpaired) electrons. The van der Waals surface area contributed by atoms with Crippen LogP contribution < -0.4 is 10.6 Å². The van der Waals surface area contributed by atoms with Crippen LogP contribution in [0.1, 0.15) is 12.8 Å². The van der Waals surface area contributed by atoms with E-state index < -0.39 is 0 Å². The first kappa shape index (κ1) is 18.8. The lowest BCUT2D eigenvalue weighted by Gasteiger charge is -2.36. The van der Waals surface area contributed by atoms with Gasteiger partial charge in [0.15, 0.2) is 0 Å². The van der Waals surface area contributed by atoms with E-state index >= 15 is 0 Å². The lowest BCUT2D eigenvalue weighted by Crippen LogP contribution is -2.54. The number of benzene rings is 1. The van der Waals surface area contributed by atoms with Gasteiger partial charge in [0.1, 0.15) is 6.04 Å². The van der Waals surface area contributed by atoms with Crippen molar-refractivity contribution in [3.63, 3.8) is 0 Å². The maximum Gasteiger partial charge on any atom is 0.244 e. The minimum Gasteiger partial charge on any atom is -0.378 e. The Morgan fingerprint density at radius 2 is 2.31 bits per heavy atom. The summed E-state index contributed by atoms with van der Waals surface area (Å²) < 4.78 is 5.63. The number of aromatic amines is 1. The maximum atomic E-state index is 13.2.